The van der Waals surface area contributed by atoms with Crippen LogP contribution in [0.1, 0.15) is 60.3 Å². The molecule has 1 aliphatic rings. The van der Waals surface area contributed by atoms with E-state index in [1.54, 1.807) is 0 Å². The van der Waals surface area contributed by atoms with E-state index in [0.717, 1.165) is 71.0 Å². The number of likely N-dealkylation sites (tertiary alicyclic amines) is 1. The van der Waals surface area contributed by atoms with E-state index in [9.17, 15) is 4.79 Å². The van der Waals surface area contributed by atoms with Gasteiger partial charge in [0.2, 0.25) is 0 Å². The molecule has 0 spiro atoms. The normalized spacial score (nSPS) is 18.1. The number of hydrogen-bond donors (Lipinski definition) is 2. The van der Waals surface area contributed by atoms with Crippen LogP contribution in [0.15, 0.2) is 4.99 Å². The third-order valence-electron chi connectivity index (χ3n) is 3.89. The Kier molecular flexibility index (Phi) is 10.4. The number of alkyl carbamates (subject to hydrolysis) is 1. The number of rotatable bonds is 9. The Bertz CT molecular complexity index is 435. The van der Waals surface area contributed by atoms with Gasteiger partial charge in [0.25, 0.3) is 0 Å². The minimum Gasteiger partial charge on any atom is -0.444 e. The lowest BCUT2D eigenvalue weighted by Gasteiger charge is -2.23. The lowest BCUT2D eigenvalue weighted by Crippen LogP contribution is -2.44. The molecule has 2 N–H and O–H groups in total. The number of hydrogen-bond acceptors (Lipinski definition) is 4. The van der Waals surface area contributed by atoms with Crippen molar-refractivity contribution in [1.82, 2.24) is 15.5 Å². The monoisotopic (exact) mass is 370 g/mol. The summed E-state index contributed by atoms with van der Waals surface area (Å²) in [5, 5.41) is 6.29. The summed E-state index contributed by atoms with van der Waals surface area (Å²) in [6, 6.07) is 0.0890. The van der Waals surface area contributed by atoms with Crippen LogP contribution >= 0.6 is 0 Å². The standard InChI is InChI=1S/C19H38N4O3/c1-6-8-13-25-14-9-11-21-17(20-7-2)23-12-10-16(15-23)22-18(24)26-19(3,4)5/h16H,6-15H2,1-5H3,(H,20,21)(H,22,24). The minimum atomic E-state index is -0.474. The van der Waals surface area contributed by atoms with Gasteiger partial charge in [-0.3, -0.25) is 4.99 Å². The number of carbonyl (C=O) groups is 1. The molecular formula is C19H38N4O3. The molecule has 0 radical (unpaired) electrons. The van der Waals surface area contributed by atoms with E-state index >= 15 is 0 Å². The van der Waals surface area contributed by atoms with E-state index in [2.05, 4.69) is 29.4 Å². The van der Waals surface area contributed by atoms with Crippen molar-refractivity contribution < 1.29 is 14.3 Å². The molecule has 7 nitrogen and oxygen atoms in total. The number of nitrogens with zero attached hydrogens (tertiary/aromatic N) is 2. The molecule has 1 heterocycles. The molecule has 1 rings (SSSR count). The van der Waals surface area contributed by atoms with Gasteiger partial charge in [0.1, 0.15) is 5.60 Å². The Morgan fingerprint density at radius 3 is 2.62 bits per heavy atom. The fraction of sp³-hybridized carbons (Fsp3) is 0.895. The van der Waals surface area contributed by atoms with Crippen LogP contribution in [0.25, 0.3) is 0 Å². The molecule has 1 amide bonds. The molecule has 0 aliphatic carbocycles. The molecule has 7 heteroatoms. The zero-order valence-electron chi connectivity index (χ0n) is 17.3. The van der Waals surface area contributed by atoms with Gasteiger partial charge in [-0.15, -0.1) is 0 Å². The summed E-state index contributed by atoms with van der Waals surface area (Å²) in [4.78, 5) is 18.8. The van der Waals surface area contributed by atoms with E-state index in [-0.39, 0.29) is 12.1 Å². The molecule has 0 aromatic heterocycles. The smallest absolute Gasteiger partial charge is 0.407 e. The van der Waals surface area contributed by atoms with Crippen molar-refractivity contribution in [3.05, 3.63) is 0 Å². The maximum Gasteiger partial charge on any atom is 0.407 e. The van der Waals surface area contributed by atoms with Crippen LogP contribution < -0.4 is 10.6 Å². The first-order chi connectivity index (χ1) is 12.4. The number of nitrogens with one attached hydrogen (secondary N) is 2. The second-order valence-electron chi connectivity index (χ2n) is 7.63. The SMILES string of the molecule is CCCCOCCCN=C(NCC)N1CCC(NC(=O)OC(C)(C)C)C1. The van der Waals surface area contributed by atoms with Crippen molar-refractivity contribution in [2.75, 3.05) is 39.4 Å². The fourth-order valence-electron chi connectivity index (χ4n) is 2.67. The van der Waals surface area contributed by atoms with Crippen molar-refractivity contribution in [2.24, 2.45) is 4.99 Å². The predicted molar refractivity (Wildman–Crippen MR) is 106 cm³/mol. The van der Waals surface area contributed by atoms with Gasteiger partial charge in [0.05, 0.1) is 6.04 Å². The van der Waals surface area contributed by atoms with Crippen LogP contribution in [0.4, 0.5) is 4.79 Å². The lowest BCUT2D eigenvalue weighted by atomic mass is 10.2. The largest absolute Gasteiger partial charge is 0.444 e. The Labute approximate surface area is 158 Å². The summed E-state index contributed by atoms with van der Waals surface area (Å²) in [5.74, 6) is 0.912. The van der Waals surface area contributed by atoms with Crippen LogP contribution in [-0.4, -0.2) is 68.0 Å². The van der Waals surface area contributed by atoms with E-state index in [4.69, 9.17) is 14.5 Å². The molecule has 1 aliphatic heterocycles. The third-order valence-corrected chi connectivity index (χ3v) is 3.89. The molecule has 0 saturated carbocycles. The summed E-state index contributed by atoms with van der Waals surface area (Å²) < 4.78 is 10.9. The van der Waals surface area contributed by atoms with Gasteiger partial charge in [0, 0.05) is 39.4 Å². The minimum absolute atomic E-state index is 0.0890. The zero-order chi connectivity index (χ0) is 19.4. The molecule has 152 valence electrons. The summed E-state index contributed by atoms with van der Waals surface area (Å²) in [6.07, 6.45) is 3.74. The molecule has 1 atom stereocenters. The number of aliphatic imine (C=N–C) groups is 1. The van der Waals surface area contributed by atoms with Gasteiger partial charge in [-0.2, -0.15) is 0 Å². The Morgan fingerprint density at radius 2 is 1.96 bits per heavy atom. The van der Waals surface area contributed by atoms with Gasteiger partial charge in [0.15, 0.2) is 5.96 Å². The first kappa shape index (κ1) is 22.5. The number of amides is 1. The summed E-state index contributed by atoms with van der Waals surface area (Å²) in [6.45, 7) is 14.6. The fourth-order valence-corrected chi connectivity index (χ4v) is 2.67. The molecule has 1 unspecified atom stereocenters. The zero-order valence-corrected chi connectivity index (χ0v) is 17.3. The highest BCUT2D eigenvalue weighted by Crippen LogP contribution is 2.12. The Morgan fingerprint density at radius 1 is 1.23 bits per heavy atom. The quantitative estimate of drug-likeness (QED) is 0.371. The average Bonchev–Trinajstić information content (AvgIpc) is 2.99. The van der Waals surface area contributed by atoms with E-state index in [1.807, 2.05) is 20.8 Å². The van der Waals surface area contributed by atoms with Crippen LogP contribution in [0.2, 0.25) is 0 Å². The maximum absolute atomic E-state index is 11.9. The van der Waals surface area contributed by atoms with E-state index in [0.29, 0.717) is 0 Å². The lowest BCUT2D eigenvalue weighted by molar-refractivity contribution is 0.0507. The highest BCUT2D eigenvalue weighted by molar-refractivity contribution is 5.80. The molecule has 0 aromatic rings. The molecule has 0 bridgehead atoms. The van der Waals surface area contributed by atoms with Gasteiger partial charge < -0.3 is 25.0 Å². The van der Waals surface area contributed by atoms with Crippen molar-refractivity contribution in [2.45, 2.75) is 71.9 Å². The molecule has 1 fully saturated rings. The van der Waals surface area contributed by atoms with Crippen molar-refractivity contribution in [3.63, 3.8) is 0 Å². The van der Waals surface area contributed by atoms with E-state index < -0.39 is 5.60 Å². The average molecular weight is 371 g/mol. The molecular weight excluding hydrogens is 332 g/mol. The van der Waals surface area contributed by atoms with Crippen LogP contribution in [0, 0.1) is 0 Å². The Balaban J connectivity index is 2.38. The highest BCUT2D eigenvalue weighted by atomic mass is 16.6. The molecule has 1 saturated heterocycles. The van der Waals surface area contributed by atoms with Crippen molar-refractivity contribution in [3.8, 4) is 0 Å². The summed E-state index contributed by atoms with van der Waals surface area (Å²) >= 11 is 0. The van der Waals surface area contributed by atoms with Crippen LogP contribution in [0.3, 0.4) is 0 Å². The second-order valence-corrected chi connectivity index (χ2v) is 7.63. The first-order valence-corrected chi connectivity index (χ1v) is 9.96. The highest BCUT2D eigenvalue weighted by Gasteiger charge is 2.27. The van der Waals surface area contributed by atoms with Gasteiger partial charge >= 0.3 is 6.09 Å². The summed E-state index contributed by atoms with van der Waals surface area (Å²) in [7, 11) is 0. The van der Waals surface area contributed by atoms with Gasteiger partial charge in [-0.25, -0.2) is 4.79 Å². The Hall–Kier alpha value is -1.50. The molecule has 26 heavy (non-hydrogen) atoms. The van der Waals surface area contributed by atoms with Crippen LogP contribution in [0.5, 0.6) is 0 Å². The van der Waals surface area contributed by atoms with Gasteiger partial charge in [-0.1, -0.05) is 13.3 Å². The topological polar surface area (TPSA) is 75.2 Å². The number of guanidine groups is 1. The second kappa shape index (κ2) is 12.0. The van der Waals surface area contributed by atoms with E-state index in [1.165, 1.54) is 0 Å². The third kappa shape index (κ3) is 9.85. The van der Waals surface area contributed by atoms with Crippen molar-refractivity contribution in [1.29, 1.82) is 0 Å². The number of unbranched alkanes of at least 4 members (excludes halogenated alkanes) is 1. The number of ether oxygens (including phenoxy) is 2. The predicted octanol–water partition coefficient (Wildman–Crippen LogP) is 2.76. The van der Waals surface area contributed by atoms with Crippen molar-refractivity contribution >= 4 is 12.1 Å². The maximum atomic E-state index is 11.9. The number of carbonyl (C=O) groups excluding carboxylic acids is 1. The van der Waals surface area contributed by atoms with Gasteiger partial charge in [-0.05, 0) is 47.0 Å². The van der Waals surface area contributed by atoms with Crippen LogP contribution in [-0.2, 0) is 9.47 Å². The summed E-state index contributed by atoms with van der Waals surface area (Å²) in [5.41, 5.74) is -0.474. The molecule has 0 aromatic carbocycles. The first-order valence-electron chi connectivity index (χ1n) is 9.96.